The molecule has 3 aromatic carbocycles. The second-order valence-electron chi connectivity index (χ2n) is 6.38. The van der Waals surface area contributed by atoms with Gasteiger partial charge in [-0.05, 0) is 48.4 Å². The van der Waals surface area contributed by atoms with Crippen molar-refractivity contribution in [1.29, 1.82) is 0 Å². The van der Waals surface area contributed by atoms with Crippen LogP contribution in [0.4, 0.5) is 0 Å². The van der Waals surface area contributed by atoms with E-state index in [2.05, 4.69) is 24.4 Å². The predicted octanol–water partition coefficient (Wildman–Crippen LogP) is 5.74. The Balaban J connectivity index is 1.48. The lowest BCUT2D eigenvalue weighted by Gasteiger charge is -2.17. The van der Waals surface area contributed by atoms with Crippen LogP contribution in [0.5, 0.6) is 5.75 Å². The Morgan fingerprint density at radius 2 is 1.57 bits per heavy atom. The first-order valence-corrected chi connectivity index (χ1v) is 10.5. The highest BCUT2D eigenvalue weighted by Crippen LogP contribution is 2.19. The average Bonchev–Trinajstić information content (AvgIpc) is 2.76. The van der Waals surface area contributed by atoms with E-state index in [9.17, 15) is 4.79 Å². The molecule has 144 valence electrons. The second-order valence-corrected chi connectivity index (χ2v) is 7.55. The molecule has 0 heterocycles. The van der Waals surface area contributed by atoms with E-state index in [0.717, 1.165) is 23.5 Å². The van der Waals surface area contributed by atoms with Crippen LogP contribution in [-0.2, 0) is 0 Å². The summed E-state index contributed by atoms with van der Waals surface area (Å²) < 4.78 is 5.78. The third-order valence-electron chi connectivity index (χ3n) is 4.40. The summed E-state index contributed by atoms with van der Waals surface area (Å²) in [4.78, 5) is 13.8. The van der Waals surface area contributed by atoms with Crippen molar-refractivity contribution < 1.29 is 9.53 Å². The van der Waals surface area contributed by atoms with Crippen LogP contribution in [0.15, 0.2) is 89.8 Å². The van der Waals surface area contributed by atoms with Gasteiger partial charge in [0, 0.05) is 16.2 Å². The first kappa shape index (κ1) is 20.0. The van der Waals surface area contributed by atoms with Gasteiger partial charge in [-0.2, -0.15) is 0 Å². The fourth-order valence-electron chi connectivity index (χ4n) is 2.89. The predicted molar refractivity (Wildman–Crippen MR) is 116 cm³/mol. The van der Waals surface area contributed by atoms with Gasteiger partial charge in [-0.15, -0.1) is 11.8 Å². The Morgan fingerprint density at radius 1 is 0.929 bits per heavy atom. The number of hydrogen-bond acceptors (Lipinski definition) is 3. The van der Waals surface area contributed by atoms with Crippen molar-refractivity contribution in [1.82, 2.24) is 5.32 Å². The van der Waals surface area contributed by atoms with Crippen molar-refractivity contribution in [3.05, 3.63) is 96.1 Å². The molecule has 4 heteroatoms. The Bertz CT molecular complexity index is 851. The van der Waals surface area contributed by atoms with Gasteiger partial charge in [0.2, 0.25) is 0 Å². The molecule has 3 aromatic rings. The highest BCUT2D eigenvalue weighted by Gasteiger charge is 2.13. The molecule has 0 bridgehead atoms. The minimum absolute atomic E-state index is 0.0136. The first-order chi connectivity index (χ1) is 13.8. The lowest BCUT2D eigenvalue weighted by molar-refractivity contribution is 0.0935. The zero-order valence-corrected chi connectivity index (χ0v) is 16.8. The second kappa shape index (κ2) is 10.6. The Morgan fingerprint density at radius 3 is 2.21 bits per heavy atom. The molecule has 0 aromatic heterocycles. The lowest BCUT2D eigenvalue weighted by atomic mass is 10.0. The fourth-order valence-corrected chi connectivity index (χ4v) is 3.64. The molecule has 0 radical (unpaired) electrons. The highest BCUT2D eigenvalue weighted by molar-refractivity contribution is 7.99. The maximum Gasteiger partial charge on any atom is 0.251 e. The van der Waals surface area contributed by atoms with Crippen LogP contribution in [0, 0.1) is 0 Å². The first-order valence-electron chi connectivity index (χ1n) is 9.53. The smallest absolute Gasteiger partial charge is 0.251 e. The number of amides is 1. The topological polar surface area (TPSA) is 38.3 Å². The standard InChI is InChI=1S/C24H25NO2S/c1-2-23(19-9-5-3-6-10-19)25-24(26)20-13-15-21(16-14-20)27-17-18-28-22-11-7-4-8-12-22/h3-16,23H,2,17-18H2,1H3,(H,25,26). The monoisotopic (exact) mass is 391 g/mol. The van der Waals surface area contributed by atoms with E-state index in [0.29, 0.717) is 12.2 Å². The maximum absolute atomic E-state index is 12.6. The minimum atomic E-state index is -0.0677. The molecule has 0 saturated carbocycles. The van der Waals surface area contributed by atoms with Crippen molar-refractivity contribution in [3.63, 3.8) is 0 Å². The van der Waals surface area contributed by atoms with E-state index in [1.165, 1.54) is 4.90 Å². The van der Waals surface area contributed by atoms with Gasteiger partial charge in [-0.3, -0.25) is 4.79 Å². The Hall–Kier alpha value is -2.72. The largest absolute Gasteiger partial charge is 0.493 e. The number of nitrogens with one attached hydrogen (secondary N) is 1. The molecule has 0 aliphatic heterocycles. The zero-order chi connectivity index (χ0) is 19.6. The molecule has 28 heavy (non-hydrogen) atoms. The van der Waals surface area contributed by atoms with E-state index >= 15 is 0 Å². The molecular formula is C24H25NO2S. The van der Waals surface area contributed by atoms with Crippen LogP contribution in [0.2, 0.25) is 0 Å². The highest BCUT2D eigenvalue weighted by atomic mass is 32.2. The fraction of sp³-hybridized carbons (Fsp3) is 0.208. The molecule has 0 aliphatic carbocycles. The average molecular weight is 392 g/mol. The van der Waals surface area contributed by atoms with Gasteiger partial charge in [-0.1, -0.05) is 55.5 Å². The number of carbonyl (C=O) groups is 1. The summed E-state index contributed by atoms with van der Waals surface area (Å²) in [5, 5.41) is 3.11. The molecule has 1 atom stereocenters. The number of carbonyl (C=O) groups excluding carboxylic acids is 1. The minimum Gasteiger partial charge on any atom is -0.493 e. The van der Waals surface area contributed by atoms with Crippen LogP contribution in [0.1, 0.15) is 35.3 Å². The molecule has 0 saturated heterocycles. The third-order valence-corrected chi connectivity index (χ3v) is 5.37. The van der Waals surface area contributed by atoms with E-state index in [1.54, 1.807) is 11.8 Å². The number of ether oxygens (including phenoxy) is 1. The summed E-state index contributed by atoms with van der Waals surface area (Å²) >= 11 is 1.77. The van der Waals surface area contributed by atoms with Crippen LogP contribution in [0.3, 0.4) is 0 Å². The van der Waals surface area contributed by atoms with Gasteiger partial charge in [0.05, 0.1) is 12.6 Å². The molecule has 3 rings (SSSR count). The molecule has 0 aliphatic rings. The van der Waals surface area contributed by atoms with Crippen molar-refractivity contribution in [2.45, 2.75) is 24.3 Å². The molecule has 1 amide bonds. The lowest BCUT2D eigenvalue weighted by Crippen LogP contribution is -2.28. The van der Waals surface area contributed by atoms with E-state index < -0.39 is 0 Å². The van der Waals surface area contributed by atoms with Crippen LogP contribution >= 0.6 is 11.8 Å². The van der Waals surface area contributed by atoms with Gasteiger partial charge in [-0.25, -0.2) is 0 Å². The van der Waals surface area contributed by atoms with E-state index in [-0.39, 0.29) is 11.9 Å². The Labute approximate surface area is 171 Å². The third kappa shape index (κ3) is 5.89. The van der Waals surface area contributed by atoms with Gasteiger partial charge < -0.3 is 10.1 Å². The quantitative estimate of drug-likeness (QED) is 0.373. The van der Waals surface area contributed by atoms with Crippen LogP contribution in [-0.4, -0.2) is 18.3 Å². The van der Waals surface area contributed by atoms with Crippen molar-refractivity contribution in [3.8, 4) is 5.75 Å². The van der Waals surface area contributed by atoms with Gasteiger partial charge in [0.25, 0.3) is 5.91 Å². The summed E-state index contributed by atoms with van der Waals surface area (Å²) in [6.07, 6.45) is 0.843. The van der Waals surface area contributed by atoms with Crippen molar-refractivity contribution in [2.24, 2.45) is 0 Å². The van der Waals surface area contributed by atoms with E-state index in [1.807, 2.05) is 72.8 Å². The van der Waals surface area contributed by atoms with Crippen molar-refractivity contribution >= 4 is 17.7 Å². The van der Waals surface area contributed by atoms with Gasteiger partial charge >= 0.3 is 0 Å². The summed E-state index contributed by atoms with van der Waals surface area (Å²) in [5.74, 6) is 1.59. The number of hydrogen-bond donors (Lipinski definition) is 1. The molecule has 1 N–H and O–H groups in total. The normalized spacial score (nSPS) is 11.6. The molecule has 0 fully saturated rings. The van der Waals surface area contributed by atoms with Gasteiger partial charge in [0.1, 0.15) is 5.75 Å². The van der Waals surface area contributed by atoms with Crippen LogP contribution in [0.25, 0.3) is 0 Å². The summed E-state index contributed by atoms with van der Waals surface area (Å²) in [6.45, 7) is 2.69. The zero-order valence-electron chi connectivity index (χ0n) is 16.0. The number of benzene rings is 3. The summed E-state index contributed by atoms with van der Waals surface area (Å²) in [7, 11) is 0. The summed E-state index contributed by atoms with van der Waals surface area (Å²) in [6, 6.07) is 27.7. The molecule has 3 nitrogen and oxygen atoms in total. The number of rotatable bonds is 9. The van der Waals surface area contributed by atoms with Crippen LogP contribution < -0.4 is 10.1 Å². The number of thioether (sulfide) groups is 1. The molecule has 1 unspecified atom stereocenters. The SMILES string of the molecule is CCC(NC(=O)c1ccc(OCCSc2ccccc2)cc1)c1ccccc1. The van der Waals surface area contributed by atoms with E-state index in [4.69, 9.17) is 4.74 Å². The van der Waals surface area contributed by atoms with Crippen molar-refractivity contribution in [2.75, 3.05) is 12.4 Å². The molecule has 0 spiro atoms. The Kier molecular flexibility index (Phi) is 7.56. The molecular weight excluding hydrogens is 366 g/mol. The van der Waals surface area contributed by atoms with Gasteiger partial charge in [0.15, 0.2) is 0 Å². The summed E-state index contributed by atoms with van der Waals surface area (Å²) in [5.41, 5.74) is 1.76. The maximum atomic E-state index is 12.6.